The van der Waals surface area contributed by atoms with Crippen molar-refractivity contribution in [2.24, 2.45) is 0 Å². The highest BCUT2D eigenvalue weighted by Crippen LogP contribution is 2.39. The average molecular weight is 452 g/mol. The monoisotopic (exact) mass is 451 g/mol. The van der Waals surface area contributed by atoms with Gasteiger partial charge in [0, 0.05) is 6.54 Å². The molecule has 3 aromatic carbocycles. The van der Waals surface area contributed by atoms with Crippen LogP contribution in [0.5, 0.6) is 5.75 Å². The van der Waals surface area contributed by atoms with E-state index in [4.69, 9.17) is 9.15 Å². The number of rotatable bonds is 6. The van der Waals surface area contributed by atoms with Gasteiger partial charge in [0.05, 0.1) is 17.0 Å². The van der Waals surface area contributed by atoms with E-state index in [1.165, 1.54) is 0 Å². The third-order valence-corrected chi connectivity index (χ3v) is 6.15. The van der Waals surface area contributed by atoms with Crippen LogP contribution in [0.25, 0.3) is 11.0 Å². The van der Waals surface area contributed by atoms with Crippen molar-refractivity contribution in [3.63, 3.8) is 0 Å². The Morgan fingerprint density at radius 3 is 2.59 bits per heavy atom. The van der Waals surface area contributed by atoms with Gasteiger partial charge in [-0.05, 0) is 54.3 Å². The van der Waals surface area contributed by atoms with Crippen LogP contribution in [0, 0.1) is 13.8 Å². The average Bonchev–Trinajstić information content (AvgIpc) is 3.11. The maximum Gasteiger partial charge on any atom is 0.291 e. The molecule has 0 N–H and O–H groups in total. The second kappa shape index (κ2) is 8.67. The fourth-order valence-corrected chi connectivity index (χ4v) is 4.66. The van der Waals surface area contributed by atoms with Crippen LogP contribution in [0.1, 0.15) is 44.4 Å². The number of aryl methyl sites for hydroxylation is 2. The van der Waals surface area contributed by atoms with Crippen LogP contribution < -0.4 is 10.2 Å². The van der Waals surface area contributed by atoms with Gasteiger partial charge in [0.15, 0.2) is 5.43 Å². The molecule has 4 aromatic rings. The molecule has 1 amide bonds. The fraction of sp³-hybridized carbons (Fsp3) is 0.172. The normalized spacial score (nSPS) is 14.9. The van der Waals surface area contributed by atoms with Gasteiger partial charge in [-0.2, -0.15) is 0 Å². The van der Waals surface area contributed by atoms with Gasteiger partial charge in [-0.1, -0.05) is 54.6 Å². The summed E-state index contributed by atoms with van der Waals surface area (Å²) in [6.45, 7) is 8.35. The molecule has 0 bridgehead atoms. The zero-order valence-corrected chi connectivity index (χ0v) is 19.2. The summed E-state index contributed by atoms with van der Waals surface area (Å²) >= 11 is 0. The standard InChI is InChI=1S/C29H25NO4/c1-4-13-30-25(21-11-8-12-22(16-21)33-17-20-9-6-5-7-10-20)24-26(31)23-15-18(2)14-19(3)27(23)34-28(24)29(30)32/h4-12,14-16,25H,1,13,17H2,2-3H3. The van der Waals surface area contributed by atoms with E-state index in [1.54, 1.807) is 11.0 Å². The van der Waals surface area contributed by atoms with Crippen molar-refractivity contribution in [2.75, 3.05) is 6.54 Å². The highest BCUT2D eigenvalue weighted by Gasteiger charge is 2.42. The van der Waals surface area contributed by atoms with E-state index in [2.05, 4.69) is 6.58 Å². The maximum atomic E-state index is 13.7. The zero-order chi connectivity index (χ0) is 23.8. The molecular weight excluding hydrogens is 426 g/mol. The molecule has 5 nitrogen and oxygen atoms in total. The first-order valence-electron chi connectivity index (χ1n) is 11.2. The molecule has 34 heavy (non-hydrogen) atoms. The Balaban J connectivity index is 1.61. The smallest absolute Gasteiger partial charge is 0.291 e. The number of carbonyl (C=O) groups is 1. The molecule has 0 saturated heterocycles. The Labute approximate surface area is 197 Å². The minimum atomic E-state index is -0.581. The molecule has 0 fully saturated rings. The minimum absolute atomic E-state index is 0.104. The van der Waals surface area contributed by atoms with Crippen LogP contribution >= 0.6 is 0 Å². The molecular formula is C29H25NO4. The van der Waals surface area contributed by atoms with Gasteiger partial charge in [0.25, 0.3) is 5.91 Å². The van der Waals surface area contributed by atoms with Crippen LogP contribution in [-0.2, 0) is 6.61 Å². The molecule has 0 aliphatic carbocycles. The van der Waals surface area contributed by atoms with Crippen molar-refractivity contribution in [1.29, 1.82) is 0 Å². The number of nitrogens with zero attached hydrogens (tertiary/aromatic N) is 1. The van der Waals surface area contributed by atoms with Gasteiger partial charge in [-0.15, -0.1) is 6.58 Å². The molecule has 5 heteroatoms. The van der Waals surface area contributed by atoms with E-state index in [-0.39, 0.29) is 23.6 Å². The maximum absolute atomic E-state index is 13.7. The summed E-state index contributed by atoms with van der Waals surface area (Å²) in [6, 6.07) is 20.6. The summed E-state index contributed by atoms with van der Waals surface area (Å²) in [4.78, 5) is 28.7. The van der Waals surface area contributed by atoms with E-state index < -0.39 is 6.04 Å². The molecule has 1 unspecified atom stereocenters. The van der Waals surface area contributed by atoms with Crippen LogP contribution in [0.2, 0.25) is 0 Å². The Morgan fingerprint density at radius 1 is 1.03 bits per heavy atom. The number of hydrogen-bond donors (Lipinski definition) is 0. The summed E-state index contributed by atoms with van der Waals surface area (Å²) in [5.41, 5.74) is 4.29. The lowest BCUT2D eigenvalue weighted by Crippen LogP contribution is -2.29. The summed E-state index contributed by atoms with van der Waals surface area (Å²) in [6.07, 6.45) is 1.66. The van der Waals surface area contributed by atoms with E-state index >= 15 is 0 Å². The molecule has 1 aliphatic heterocycles. The molecule has 1 aromatic heterocycles. The van der Waals surface area contributed by atoms with Gasteiger partial charge >= 0.3 is 0 Å². The molecule has 2 heterocycles. The van der Waals surface area contributed by atoms with Gasteiger partial charge < -0.3 is 14.1 Å². The summed E-state index contributed by atoms with van der Waals surface area (Å²) < 4.78 is 12.1. The Kier molecular flexibility index (Phi) is 5.54. The van der Waals surface area contributed by atoms with E-state index in [9.17, 15) is 9.59 Å². The van der Waals surface area contributed by atoms with Crippen LogP contribution in [0.15, 0.2) is 88.6 Å². The third kappa shape index (κ3) is 3.69. The molecule has 1 aliphatic rings. The highest BCUT2D eigenvalue weighted by molar-refractivity contribution is 5.99. The summed E-state index contributed by atoms with van der Waals surface area (Å²) in [5.74, 6) is 0.457. The quantitative estimate of drug-likeness (QED) is 0.352. The predicted molar refractivity (Wildman–Crippen MR) is 132 cm³/mol. The number of fused-ring (bicyclic) bond motifs is 2. The van der Waals surface area contributed by atoms with E-state index in [0.717, 1.165) is 22.3 Å². The first kappa shape index (κ1) is 21.7. The third-order valence-electron chi connectivity index (χ3n) is 6.15. The Bertz CT molecular complexity index is 1470. The summed E-state index contributed by atoms with van der Waals surface area (Å²) in [7, 11) is 0. The molecule has 0 radical (unpaired) electrons. The minimum Gasteiger partial charge on any atom is -0.489 e. The molecule has 170 valence electrons. The molecule has 5 rings (SSSR count). The number of benzene rings is 3. The number of amides is 1. The summed E-state index contributed by atoms with van der Waals surface area (Å²) in [5, 5.41) is 0.492. The van der Waals surface area contributed by atoms with Gasteiger partial charge in [0.2, 0.25) is 5.76 Å². The van der Waals surface area contributed by atoms with Crippen molar-refractivity contribution >= 4 is 16.9 Å². The largest absolute Gasteiger partial charge is 0.489 e. The topological polar surface area (TPSA) is 59.8 Å². The lowest BCUT2D eigenvalue weighted by Gasteiger charge is -2.24. The Hall–Kier alpha value is -4.12. The van der Waals surface area contributed by atoms with Crippen LogP contribution in [0.3, 0.4) is 0 Å². The van der Waals surface area contributed by atoms with Crippen LogP contribution in [-0.4, -0.2) is 17.4 Å². The number of hydrogen-bond acceptors (Lipinski definition) is 4. The molecule has 1 atom stereocenters. The van der Waals surface area contributed by atoms with Crippen molar-refractivity contribution in [1.82, 2.24) is 4.90 Å². The number of ether oxygens (including phenoxy) is 1. The van der Waals surface area contributed by atoms with Crippen molar-refractivity contribution in [2.45, 2.75) is 26.5 Å². The van der Waals surface area contributed by atoms with E-state index in [1.807, 2.05) is 80.6 Å². The second-order valence-corrected chi connectivity index (χ2v) is 8.63. The SMILES string of the molecule is C=CCN1C(=O)c2oc3c(C)cc(C)cc3c(=O)c2C1c1cccc(OCc2ccccc2)c1. The fourth-order valence-electron chi connectivity index (χ4n) is 4.66. The van der Waals surface area contributed by atoms with Crippen molar-refractivity contribution < 1.29 is 13.9 Å². The molecule has 0 saturated carbocycles. The second-order valence-electron chi connectivity index (χ2n) is 8.63. The van der Waals surface area contributed by atoms with Gasteiger partial charge in [0.1, 0.15) is 17.9 Å². The van der Waals surface area contributed by atoms with Crippen molar-refractivity contribution in [3.05, 3.63) is 123 Å². The lowest BCUT2D eigenvalue weighted by atomic mass is 9.97. The first-order valence-corrected chi connectivity index (χ1v) is 11.2. The first-order chi connectivity index (χ1) is 16.5. The van der Waals surface area contributed by atoms with E-state index in [0.29, 0.717) is 28.9 Å². The highest BCUT2D eigenvalue weighted by atomic mass is 16.5. The predicted octanol–water partition coefficient (Wildman–Crippen LogP) is 5.72. The van der Waals surface area contributed by atoms with Crippen LogP contribution in [0.4, 0.5) is 0 Å². The van der Waals surface area contributed by atoms with Gasteiger partial charge in [-0.3, -0.25) is 9.59 Å². The van der Waals surface area contributed by atoms with Gasteiger partial charge in [-0.25, -0.2) is 0 Å². The van der Waals surface area contributed by atoms with Crippen molar-refractivity contribution in [3.8, 4) is 5.75 Å². The molecule has 0 spiro atoms. The Morgan fingerprint density at radius 2 is 1.82 bits per heavy atom. The lowest BCUT2D eigenvalue weighted by molar-refractivity contribution is 0.0748. The zero-order valence-electron chi connectivity index (χ0n) is 19.2. The number of carbonyl (C=O) groups excluding carboxylic acids is 1.